The lowest BCUT2D eigenvalue weighted by molar-refractivity contribution is 0.483. The van der Waals surface area contributed by atoms with Crippen LogP contribution in [0.5, 0.6) is 0 Å². The van der Waals surface area contributed by atoms with Gasteiger partial charge in [0.25, 0.3) is 10.1 Å². The van der Waals surface area contributed by atoms with E-state index in [0.717, 1.165) is 0 Å². The molecule has 0 bridgehead atoms. The van der Waals surface area contributed by atoms with Crippen LogP contribution in [0.3, 0.4) is 0 Å². The number of rotatable bonds is 3. The van der Waals surface area contributed by atoms with E-state index in [4.69, 9.17) is 4.55 Å². The lowest BCUT2D eigenvalue weighted by atomic mass is 10.2. The number of hydrogen-bond acceptors (Lipinski definition) is 6. The van der Waals surface area contributed by atoms with Gasteiger partial charge in [-0.1, -0.05) is 6.07 Å². The van der Waals surface area contributed by atoms with E-state index in [1.165, 1.54) is 18.2 Å². The molecule has 1 radical (unpaired) electrons. The fourth-order valence-electron chi connectivity index (χ4n) is 1.32. The molecule has 19 heavy (non-hydrogen) atoms. The topological polar surface area (TPSA) is 105 Å². The Hall–Kier alpha value is -2.13. The minimum Gasteiger partial charge on any atom is -0.324 e. The van der Waals surface area contributed by atoms with Gasteiger partial charge in [-0.05, 0) is 24.6 Å². The van der Waals surface area contributed by atoms with E-state index < -0.39 is 16.2 Å². The van der Waals surface area contributed by atoms with Crippen LogP contribution in [0.2, 0.25) is 0 Å². The number of halogens is 1. The predicted octanol–water partition coefficient (Wildman–Crippen LogP) is 1.11. The van der Waals surface area contributed by atoms with Gasteiger partial charge in [0, 0.05) is 5.69 Å². The van der Waals surface area contributed by atoms with Gasteiger partial charge in [0.05, 0.1) is 4.90 Å². The first-order valence-corrected chi connectivity index (χ1v) is 6.43. The van der Waals surface area contributed by atoms with Crippen molar-refractivity contribution >= 4 is 21.8 Å². The number of hydrogen-bond donors (Lipinski definition) is 2. The fraction of sp³-hybridized carbons (Fsp3) is 0.100. The van der Waals surface area contributed by atoms with E-state index >= 15 is 0 Å². The number of nitrogens with zero attached hydrogens (tertiary/aromatic N) is 3. The molecule has 0 spiro atoms. The van der Waals surface area contributed by atoms with Crippen LogP contribution < -0.4 is 5.32 Å². The minimum atomic E-state index is -4.32. The van der Waals surface area contributed by atoms with Crippen molar-refractivity contribution in [2.45, 2.75) is 11.8 Å². The van der Waals surface area contributed by atoms with Gasteiger partial charge in [0.2, 0.25) is 12.3 Å². The van der Waals surface area contributed by atoms with Crippen molar-refractivity contribution in [3.05, 3.63) is 36.2 Å². The van der Waals surface area contributed by atoms with Crippen LogP contribution >= 0.6 is 0 Å². The summed E-state index contributed by atoms with van der Waals surface area (Å²) in [5.41, 5.74) is 0.974. The van der Waals surface area contributed by atoms with E-state index in [1.54, 1.807) is 6.92 Å². The van der Waals surface area contributed by atoms with Crippen molar-refractivity contribution in [2.24, 2.45) is 0 Å². The smallest absolute Gasteiger partial charge is 0.314 e. The van der Waals surface area contributed by atoms with Gasteiger partial charge >= 0.3 is 6.08 Å². The number of anilines is 2. The van der Waals surface area contributed by atoms with Crippen molar-refractivity contribution in [2.75, 3.05) is 5.32 Å². The van der Waals surface area contributed by atoms with Gasteiger partial charge in [-0.3, -0.25) is 4.55 Å². The summed E-state index contributed by atoms with van der Waals surface area (Å²) in [5, 5.41) is 2.62. The van der Waals surface area contributed by atoms with Crippen molar-refractivity contribution in [3.63, 3.8) is 0 Å². The highest BCUT2D eigenvalue weighted by Crippen LogP contribution is 2.22. The average molecular weight is 283 g/mol. The lowest BCUT2D eigenvalue weighted by Crippen LogP contribution is -2.04. The highest BCUT2D eigenvalue weighted by atomic mass is 32.2. The second kappa shape index (κ2) is 4.86. The molecular weight excluding hydrogens is 275 g/mol. The molecule has 9 heteroatoms. The Morgan fingerprint density at radius 2 is 2.11 bits per heavy atom. The van der Waals surface area contributed by atoms with Gasteiger partial charge in [-0.2, -0.15) is 27.8 Å². The van der Waals surface area contributed by atoms with E-state index in [9.17, 15) is 12.8 Å². The molecule has 0 saturated heterocycles. The average Bonchev–Trinajstić information content (AvgIpc) is 2.30. The molecule has 1 aromatic heterocycles. The van der Waals surface area contributed by atoms with Gasteiger partial charge in [0.1, 0.15) is 0 Å². The number of aryl methyl sites for hydroxylation is 1. The standard InChI is InChI=1S/C10H8FN4O3S/c1-6-2-3-7(19(16,17)18)4-8(6)14-10-13-5-12-9(11)15-10/h2-4H,1H3,(H,16,17,18)(H,12,13,14,15). The third kappa shape index (κ3) is 3.20. The van der Waals surface area contributed by atoms with Crippen LogP contribution in [0.1, 0.15) is 5.56 Å². The number of nitrogens with one attached hydrogen (secondary N) is 1. The molecule has 99 valence electrons. The summed E-state index contributed by atoms with van der Waals surface area (Å²) in [6.45, 7) is 1.69. The highest BCUT2D eigenvalue weighted by molar-refractivity contribution is 7.85. The third-order valence-electron chi connectivity index (χ3n) is 2.25. The van der Waals surface area contributed by atoms with Crippen molar-refractivity contribution in [1.82, 2.24) is 15.0 Å². The maximum Gasteiger partial charge on any atom is 0.314 e. The lowest BCUT2D eigenvalue weighted by Gasteiger charge is -2.08. The predicted molar refractivity (Wildman–Crippen MR) is 62.9 cm³/mol. The molecule has 0 saturated carbocycles. The summed E-state index contributed by atoms with van der Waals surface area (Å²) in [6.07, 6.45) is 1.03. The van der Waals surface area contributed by atoms with Crippen molar-refractivity contribution in [3.8, 4) is 0 Å². The summed E-state index contributed by atoms with van der Waals surface area (Å²) in [7, 11) is -4.32. The van der Waals surface area contributed by atoms with E-state index in [2.05, 4.69) is 20.3 Å². The molecule has 0 aliphatic rings. The minimum absolute atomic E-state index is 0.122. The van der Waals surface area contributed by atoms with Gasteiger partial charge in [-0.25, -0.2) is 0 Å². The molecule has 0 amide bonds. The Morgan fingerprint density at radius 1 is 1.37 bits per heavy atom. The molecule has 2 N–H and O–H groups in total. The normalized spacial score (nSPS) is 11.3. The largest absolute Gasteiger partial charge is 0.324 e. The molecule has 1 heterocycles. The zero-order valence-corrected chi connectivity index (χ0v) is 10.4. The Bertz CT molecular complexity index is 720. The molecular formula is C10H8FN4O3S. The van der Waals surface area contributed by atoms with E-state index in [0.29, 0.717) is 11.3 Å². The fourth-order valence-corrected chi connectivity index (χ4v) is 1.83. The van der Waals surface area contributed by atoms with Gasteiger partial charge in [0.15, 0.2) is 0 Å². The highest BCUT2D eigenvalue weighted by Gasteiger charge is 2.12. The van der Waals surface area contributed by atoms with Gasteiger partial charge in [-0.15, -0.1) is 0 Å². The second-order valence-corrected chi connectivity index (χ2v) is 5.03. The van der Waals surface area contributed by atoms with Crippen molar-refractivity contribution in [1.29, 1.82) is 0 Å². The summed E-state index contributed by atoms with van der Waals surface area (Å²) in [4.78, 5) is 9.69. The molecule has 0 fully saturated rings. The number of aromatic nitrogens is 3. The first kappa shape index (κ1) is 13.3. The third-order valence-corrected chi connectivity index (χ3v) is 3.10. The zero-order valence-electron chi connectivity index (χ0n) is 9.62. The number of benzene rings is 1. The molecule has 2 rings (SSSR count). The molecule has 1 aromatic carbocycles. The summed E-state index contributed by atoms with van der Waals surface area (Å²) < 4.78 is 43.8. The molecule has 7 nitrogen and oxygen atoms in total. The quantitative estimate of drug-likeness (QED) is 0.813. The summed E-state index contributed by atoms with van der Waals surface area (Å²) in [6, 6.07) is 3.91. The SMILES string of the molecule is Cc1ccc(S(=O)(=O)O)cc1Nc1n[c]nc(F)n1. The van der Waals surface area contributed by atoms with Crippen LogP contribution in [0, 0.1) is 19.3 Å². The molecule has 0 unspecified atom stereocenters. The first-order valence-electron chi connectivity index (χ1n) is 4.99. The van der Waals surface area contributed by atoms with Crippen molar-refractivity contribution < 1.29 is 17.4 Å². The monoisotopic (exact) mass is 283 g/mol. The Balaban J connectivity index is 2.40. The van der Waals surface area contributed by atoms with Crippen LogP contribution in [0.15, 0.2) is 23.1 Å². The first-order chi connectivity index (χ1) is 8.86. The maximum absolute atomic E-state index is 12.8. The Morgan fingerprint density at radius 3 is 2.74 bits per heavy atom. The van der Waals surface area contributed by atoms with Crippen LogP contribution in [-0.2, 0) is 10.1 Å². The second-order valence-electron chi connectivity index (χ2n) is 3.60. The van der Waals surface area contributed by atoms with Gasteiger partial charge < -0.3 is 5.32 Å². The van der Waals surface area contributed by atoms with Crippen LogP contribution in [0.4, 0.5) is 16.0 Å². The maximum atomic E-state index is 12.8. The summed E-state index contributed by atoms with van der Waals surface area (Å²) >= 11 is 0. The van der Waals surface area contributed by atoms with Crippen LogP contribution in [-0.4, -0.2) is 27.9 Å². The molecule has 0 atom stereocenters. The molecule has 2 aromatic rings. The Labute approximate surface area is 108 Å². The Kier molecular flexibility index (Phi) is 3.40. The molecule has 0 aliphatic carbocycles. The van der Waals surface area contributed by atoms with E-state index in [1.807, 2.05) is 6.33 Å². The van der Waals surface area contributed by atoms with Crippen LogP contribution in [0.25, 0.3) is 0 Å². The summed E-state index contributed by atoms with van der Waals surface area (Å²) in [5.74, 6) is -0.122. The zero-order chi connectivity index (χ0) is 14.0. The molecule has 0 aliphatic heterocycles. The van der Waals surface area contributed by atoms with E-state index in [-0.39, 0.29) is 10.8 Å².